The van der Waals surface area contributed by atoms with Gasteiger partial charge < -0.3 is 5.73 Å². The number of thiophene rings is 1. The number of hydrogen-bond acceptors (Lipinski definition) is 2. The summed E-state index contributed by atoms with van der Waals surface area (Å²) in [5, 5.41) is 1.94. The summed E-state index contributed by atoms with van der Waals surface area (Å²) in [5.74, 6) is -0.265. The molecule has 1 aromatic heterocycles. The van der Waals surface area contributed by atoms with E-state index in [-0.39, 0.29) is 24.3 Å². The lowest BCUT2D eigenvalue weighted by Crippen LogP contribution is -2.12. The van der Waals surface area contributed by atoms with Gasteiger partial charge in [-0.05, 0) is 29.6 Å². The Bertz CT molecular complexity index is 461. The minimum absolute atomic E-state index is 0. The summed E-state index contributed by atoms with van der Waals surface area (Å²) in [6, 6.07) is 8.25. The number of benzene rings is 1. The van der Waals surface area contributed by atoms with Crippen LogP contribution in [0.5, 0.6) is 0 Å². The van der Waals surface area contributed by atoms with Crippen molar-refractivity contribution in [3.8, 4) is 0 Å². The van der Waals surface area contributed by atoms with E-state index in [1.54, 1.807) is 12.1 Å². The number of nitrogens with two attached hydrogens (primary N) is 1. The van der Waals surface area contributed by atoms with E-state index in [0.717, 1.165) is 9.35 Å². The van der Waals surface area contributed by atoms with Crippen LogP contribution in [0.15, 0.2) is 40.2 Å². The van der Waals surface area contributed by atoms with Gasteiger partial charge in [0, 0.05) is 14.9 Å². The lowest BCUT2D eigenvalue weighted by atomic mass is 10.1. The van der Waals surface area contributed by atoms with Crippen molar-refractivity contribution in [2.75, 3.05) is 0 Å². The maximum atomic E-state index is 13.5. The second kappa shape index (κ2) is 5.77. The van der Waals surface area contributed by atoms with Gasteiger partial charge in [-0.2, -0.15) is 0 Å². The molecule has 0 aliphatic carbocycles. The molecule has 0 aliphatic rings. The van der Waals surface area contributed by atoms with E-state index in [1.807, 2.05) is 17.5 Å². The fourth-order valence-electron chi connectivity index (χ4n) is 1.37. The van der Waals surface area contributed by atoms with Crippen molar-refractivity contribution in [3.05, 3.63) is 56.4 Å². The van der Waals surface area contributed by atoms with Crippen molar-refractivity contribution in [2.24, 2.45) is 5.73 Å². The molecule has 0 fully saturated rings. The van der Waals surface area contributed by atoms with E-state index in [9.17, 15) is 4.39 Å². The Balaban J connectivity index is 0.00000128. The van der Waals surface area contributed by atoms with Crippen LogP contribution < -0.4 is 5.73 Å². The molecule has 1 atom stereocenters. The number of rotatable bonds is 2. The van der Waals surface area contributed by atoms with Crippen molar-refractivity contribution in [1.29, 1.82) is 0 Å². The molecule has 2 N–H and O–H groups in total. The van der Waals surface area contributed by atoms with Crippen LogP contribution in [0.4, 0.5) is 4.39 Å². The van der Waals surface area contributed by atoms with E-state index >= 15 is 0 Å². The molecule has 1 heterocycles. The van der Waals surface area contributed by atoms with Gasteiger partial charge in [0.25, 0.3) is 0 Å². The minimum atomic E-state index is -0.387. The zero-order valence-electron chi connectivity index (χ0n) is 8.19. The molecule has 1 aromatic carbocycles. The second-order valence-corrected chi connectivity index (χ2v) is 5.05. The molecule has 2 rings (SSSR count). The third-order valence-corrected chi connectivity index (χ3v) is 3.59. The molecule has 0 radical (unpaired) electrons. The maximum Gasteiger partial charge on any atom is 0.128 e. The van der Waals surface area contributed by atoms with Gasteiger partial charge in [-0.3, -0.25) is 0 Å². The molecule has 5 heteroatoms. The molecular weight excluding hydrogens is 313 g/mol. The Morgan fingerprint density at radius 2 is 2.06 bits per heavy atom. The quantitative estimate of drug-likeness (QED) is 0.884. The molecule has 0 aliphatic heterocycles. The summed E-state index contributed by atoms with van der Waals surface area (Å²) in [4.78, 5) is 0.965. The highest BCUT2D eigenvalue weighted by atomic mass is 79.9. The molecule has 1 nitrogen and oxygen atoms in total. The Labute approximate surface area is 112 Å². The highest BCUT2D eigenvalue weighted by Gasteiger charge is 2.14. The van der Waals surface area contributed by atoms with Gasteiger partial charge >= 0.3 is 0 Å². The zero-order chi connectivity index (χ0) is 10.8. The van der Waals surface area contributed by atoms with Crippen LogP contribution in [-0.4, -0.2) is 0 Å². The molecule has 2 aromatic rings. The standard InChI is InChI=1S/C11H9BrFNS.ClH/c12-7-3-4-9(13)8(6-7)11(14)10-2-1-5-15-10;/h1-6,11H,14H2;1H/t11-;/m1./s1. The summed E-state index contributed by atoms with van der Waals surface area (Å²) >= 11 is 4.84. The van der Waals surface area contributed by atoms with Crippen LogP contribution in [0.1, 0.15) is 16.5 Å². The van der Waals surface area contributed by atoms with Crippen molar-refractivity contribution in [1.82, 2.24) is 0 Å². The maximum absolute atomic E-state index is 13.5. The first kappa shape index (κ1) is 13.6. The Morgan fingerprint density at radius 3 is 2.69 bits per heavy atom. The topological polar surface area (TPSA) is 26.0 Å². The van der Waals surface area contributed by atoms with Crippen molar-refractivity contribution >= 4 is 39.7 Å². The smallest absolute Gasteiger partial charge is 0.128 e. The molecule has 0 amide bonds. The molecule has 16 heavy (non-hydrogen) atoms. The lowest BCUT2D eigenvalue weighted by molar-refractivity contribution is 0.600. The van der Waals surface area contributed by atoms with E-state index in [0.29, 0.717) is 5.56 Å². The summed E-state index contributed by atoms with van der Waals surface area (Å²) in [7, 11) is 0. The Hall–Kier alpha value is -0.420. The van der Waals surface area contributed by atoms with E-state index in [1.165, 1.54) is 17.4 Å². The van der Waals surface area contributed by atoms with Crippen LogP contribution in [-0.2, 0) is 0 Å². The Kier molecular flexibility index (Phi) is 4.92. The van der Waals surface area contributed by atoms with Gasteiger partial charge in [-0.1, -0.05) is 22.0 Å². The monoisotopic (exact) mass is 321 g/mol. The molecule has 0 saturated heterocycles. The van der Waals surface area contributed by atoms with Gasteiger partial charge in [-0.25, -0.2) is 4.39 Å². The SMILES string of the molecule is Cl.N[C@@H](c1cccs1)c1cc(Br)ccc1F. The van der Waals surface area contributed by atoms with Crippen LogP contribution >= 0.6 is 39.7 Å². The summed E-state index contributed by atoms with van der Waals surface area (Å²) < 4.78 is 14.4. The molecule has 86 valence electrons. The van der Waals surface area contributed by atoms with Gasteiger partial charge in [-0.15, -0.1) is 23.7 Å². The highest BCUT2D eigenvalue weighted by molar-refractivity contribution is 9.10. The third kappa shape index (κ3) is 2.83. The fraction of sp³-hybridized carbons (Fsp3) is 0.0909. The van der Waals surface area contributed by atoms with Gasteiger partial charge in [0.1, 0.15) is 5.82 Å². The van der Waals surface area contributed by atoms with Gasteiger partial charge in [0.2, 0.25) is 0 Å². The number of halogens is 3. The van der Waals surface area contributed by atoms with Crippen LogP contribution in [0.3, 0.4) is 0 Å². The van der Waals surface area contributed by atoms with E-state index in [4.69, 9.17) is 5.73 Å². The molecule has 0 spiro atoms. The summed E-state index contributed by atoms with van der Waals surface area (Å²) in [6.07, 6.45) is 0. The van der Waals surface area contributed by atoms with E-state index in [2.05, 4.69) is 15.9 Å². The van der Waals surface area contributed by atoms with Crippen molar-refractivity contribution in [2.45, 2.75) is 6.04 Å². The van der Waals surface area contributed by atoms with E-state index < -0.39 is 0 Å². The summed E-state index contributed by atoms with van der Waals surface area (Å²) in [6.45, 7) is 0. The average molecular weight is 323 g/mol. The first-order valence-corrected chi connectivity index (χ1v) is 6.09. The molecule has 0 saturated carbocycles. The van der Waals surface area contributed by atoms with Crippen molar-refractivity contribution < 1.29 is 4.39 Å². The zero-order valence-corrected chi connectivity index (χ0v) is 11.4. The predicted octanol–water partition coefficient (Wildman–Crippen LogP) is 4.12. The predicted molar refractivity (Wildman–Crippen MR) is 71.7 cm³/mol. The first-order valence-electron chi connectivity index (χ1n) is 4.42. The normalized spacial score (nSPS) is 11.9. The summed E-state index contributed by atoms with van der Waals surface area (Å²) in [5.41, 5.74) is 6.50. The minimum Gasteiger partial charge on any atom is -0.320 e. The third-order valence-electron chi connectivity index (χ3n) is 2.14. The highest BCUT2D eigenvalue weighted by Crippen LogP contribution is 2.27. The average Bonchev–Trinajstić information content (AvgIpc) is 2.74. The lowest BCUT2D eigenvalue weighted by Gasteiger charge is -2.11. The molecule has 0 bridgehead atoms. The Morgan fingerprint density at radius 1 is 1.31 bits per heavy atom. The largest absolute Gasteiger partial charge is 0.320 e. The van der Waals surface area contributed by atoms with Crippen LogP contribution in [0, 0.1) is 5.82 Å². The number of hydrogen-bond donors (Lipinski definition) is 1. The molecular formula is C11H10BrClFNS. The van der Waals surface area contributed by atoms with Crippen molar-refractivity contribution in [3.63, 3.8) is 0 Å². The van der Waals surface area contributed by atoms with Gasteiger partial charge in [0.05, 0.1) is 6.04 Å². The fourth-order valence-corrected chi connectivity index (χ4v) is 2.50. The van der Waals surface area contributed by atoms with Crippen LogP contribution in [0.25, 0.3) is 0 Å². The first-order chi connectivity index (χ1) is 7.18. The van der Waals surface area contributed by atoms with Gasteiger partial charge in [0.15, 0.2) is 0 Å². The second-order valence-electron chi connectivity index (χ2n) is 3.16. The van der Waals surface area contributed by atoms with Crippen LogP contribution in [0.2, 0.25) is 0 Å². The molecule has 0 unspecified atom stereocenters.